The number of aromatic hydroxyl groups is 1. The predicted octanol–water partition coefficient (Wildman–Crippen LogP) is 3.08. The van der Waals surface area contributed by atoms with Crippen LogP contribution in [0.5, 0.6) is 5.75 Å². The summed E-state index contributed by atoms with van der Waals surface area (Å²) in [5.41, 5.74) is -1.43. The van der Waals surface area contributed by atoms with Crippen LogP contribution in [0.2, 0.25) is 0 Å². The first kappa shape index (κ1) is 26.4. The molecule has 3 rings (SSSR count). The second-order valence-corrected chi connectivity index (χ2v) is 9.50. The molecule has 2 atom stereocenters. The molecule has 4 N–H and O–H groups in total. The number of carbonyl (C=O) groups is 1. The van der Waals surface area contributed by atoms with E-state index in [0.717, 1.165) is 22.3 Å². The molecule has 0 bridgehead atoms. The molecule has 2 unspecified atom stereocenters. The maximum absolute atomic E-state index is 13.5. The van der Waals surface area contributed by atoms with Crippen molar-refractivity contribution in [2.24, 2.45) is 14.7 Å². The van der Waals surface area contributed by atoms with Crippen molar-refractivity contribution in [2.45, 2.75) is 39.9 Å². The van der Waals surface area contributed by atoms with Gasteiger partial charge in [0, 0.05) is 20.0 Å². The van der Waals surface area contributed by atoms with Crippen molar-refractivity contribution in [3.63, 3.8) is 0 Å². The third kappa shape index (κ3) is 5.56. The van der Waals surface area contributed by atoms with E-state index >= 15 is 0 Å². The first-order valence-corrected chi connectivity index (χ1v) is 11.7. The fraction of sp³-hybridized carbons (Fsp3) is 0.409. The van der Waals surface area contributed by atoms with Crippen molar-refractivity contribution in [2.75, 3.05) is 19.4 Å². The number of furan rings is 1. The molecular formula is C22H27F3N5O4S+. The van der Waals surface area contributed by atoms with E-state index in [-0.39, 0.29) is 29.3 Å². The number of nitrogens with zero attached hydrogens (tertiary/aromatic N) is 3. The van der Waals surface area contributed by atoms with Crippen molar-refractivity contribution < 1.29 is 37.0 Å². The number of alkyl halides is 3. The molecule has 0 spiro atoms. The lowest BCUT2D eigenvalue weighted by Gasteiger charge is -2.20. The van der Waals surface area contributed by atoms with Gasteiger partial charge in [-0.25, -0.2) is 4.21 Å². The van der Waals surface area contributed by atoms with Gasteiger partial charge in [0.1, 0.15) is 5.76 Å². The van der Waals surface area contributed by atoms with E-state index in [2.05, 4.69) is 14.1 Å². The van der Waals surface area contributed by atoms with E-state index in [1.54, 1.807) is 5.32 Å². The van der Waals surface area contributed by atoms with Crippen molar-refractivity contribution in [3.8, 4) is 5.75 Å². The Morgan fingerprint density at radius 1 is 1.23 bits per heavy atom. The summed E-state index contributed by atoms with van der Waals surface area (Å²) in [6.45, 7) is 7.68. The highest BCUT2D eigenvalue weighted by Gasteiger charge is 2.39. The van der Waals surface area contributed by atoms with Crippen LogP contribution in [-0.2, 0) is 17.3 Å². The monoisotopic (exact) mass is 514 g/mol. The van der Waals surface area contributed by atoms with Crippen molar-refractivity contribution in [1.29, 1.82) is 0 Å². The highest BCUT2D eigenvalue weighted by Crippen LogP contribution is 2.40. The molecule has 0 saturated carbocycles. The number of aryl methyl sites for hydroxylation is 2. The lowest BCUT2D eigenvalue weighted by atomic mass is 10.0. The number of halogens is 3. The van der Waals surface area contributed by atoms with Crippen molar-refractivity contribution in [3.05, 3.63) is 46.4 Å². The number of hydrogen-bond donors (Lipinski definition) is 3. The summed E-state index contributed by atoms with van der Waals surface area (Å²) in [5, 5.41) is 15.0. The largest absolute Gasteiger partial charge is 0.505 e. The van der Waals surface area contributed by atoms with Gasteiger partial charge in [0.25, 0.3) is 22.9 Å². The molecule has 1 aromatic carbocycles. The zero-order valence-electron chi connectivity index (χ0n) is 20.0. The van der Waals surface area contributed by atoms with E-state index in [4.69, 9.17) is 4.42 Å². The number of nitrogens with two attached hydrogens (primary N) is 1. The smallest absolute Gasteiger partial charge is 0.417 e. The Hall–Kier alpha value is -3.19. The van der Waals surface area contributed by atoms with E-state index in [0.29, 0.717) is 11.8 Å². The fourth-order valence-corrected chi connectivity index (χ4v) is 4.16. The van der Waals surface area contributed by atoms with Crippen LogP contribution in [0.25, 0.3) is 0 Å². The lowest BCUT2D eigenvalue weighted by molar-refractivity contribution is -0.595. The molecule has 2 aromatic rings. The molecule has 9 nitrogen and oxygen atoms in total. The Morgan fingerprint density at radius 2 is 1.89 bits per heavy atom. The topological polar surface area (TPSA) is 124 Å². The van der Waals surface area contributed by atoms with Gasteiger partial charge in [-0.2, -0.15) is 13.2 Å². The maximum Gasteiger partial charge on any atom is 0.417 e. The number of hydrogen-bond acceptors (Lipinski definition) is 5. The minimum absolute atomic E-state index is 0.0210. The Morgan fingerprint density at radius 3 is 2.40 bits per heavy atom. The molecule has 2 heterocycles. The summed E-state index contributed by atoms with van der Waals surface area (Å²) in [7, 11) is 2.55. The Kier molecular flexibility index (Phi) is 7.41. The van der Waals surface area contributed by atoms with Gasteiger partial charge < -0.3 is 19.7 Å². The number of quaternary nitrogens is 1. The summed E-state index contributed by atoms with van der Waals surface area (Å²) in [6, 6.07) is 3.30. The van der Waals surface area contributed by atoms with Gasteiger partial charge in [-0.05, 0) is 37.6 Å². The van der Waals surface area contributed by atoms with Crippen LogP contribution in [0, 0.1) is 19.8 Å². The Labute approximate surface area is 202 Å². The number of anilines is 1. The quantitative estimate of drug-likeness (QED) is 0.529. The molecule has 0 radical (unpaired) electrons. The molecule has 35 heavy (non-hydrogen) atoms. The van der Waals surface area contributed by atoms with Crippen LogP contribution in [0.15, 0.2) is 31.4 Å². The second-order valence-electron chi connectivity index (χ2n) is 8.68. The first-order valence-electron chi connectivity index (χ1n) is 10.6. The zero-order valence-corrected chi connectivity index (χ0v) is 20.8. The van der Waals surface area contributed by atoms with E-state index in [1.807, 2.05) is 33.8 Å². The highest BCUT2D eigenvalue weighted by molar-refractivity contribution is 7.83. The van der Waals surface area contributed by atoms with Crippen molar-refractivity contribution in [1.82, 2.24) is 4.90 Å². The highest BCUT2D eigenvalue weighted by atomic mass is 32.2. The number of amidine groups is 2. The van der Waals surface area contributed by atoms with Gasteiger partial charge in [0.15, 0.2) is 17.6 Å². The number of carbonyl (C=O) groups excluding carboxylic acids is 1. The lowest BCUT2D eigenvalue weighted by Crippen LogP contribution is -2.91. The number of phenolic OH excluding ortho intramolecular Hbond substituents is 1. The fourth-order valence-electron chi connectivity index (χ4n) is 3.50. The third-order valence-corrected chi connectivity index (χ3v) is 6.21. The summed E-state index contributed by atoms with van der Waals surface area (Å²) in [6.07, 6.45) is -4.87. The van der Waals surface area contributed by atoms with Crippen LogP contribution >= 0.6 is 0 Å². The van der Waals surface area contributed by atoms with Crippen LogP contribution in [0.4, 0.5) is 18.9 Å². The van der Waals surface area contributed by atoms with Crippen LogP contribution < -0.4 is 10.6 Å². The SMILES string of the molecule is Cc1cc(C([NH2+]C2=NS(=O)N=C2Nc2ccc(C(F)(F)F)c(C(=O)N(C)C)c2O)C(C)C)oc1C. The number of rotatable bonds is 5. The van der Waals surface area contributed by atoms with Crippen LogP contribution in [0.3, 0.4) is 0 Å². The van der Waals surface area contributed by atoms with E-state index < -0.39 is 40.1 Å². The van der Waals surface area contributed by atoms with Crippen molar-refractivity contribution >= 4 is 34.4 Å². The Bertz CT molecular complexity index is 1210. The maximum atomic E-state index is 13.5. The average Bonchev–Trinajstić information content (AvgIpc) is 3.26. The molecule has 0 saturated heterocycles. The molecule has 0 aliphatic carbocycles. The molecule has 1 aliphatic heterocycles. The second kappa shape index (κ2) is 9.82. The molecule has 13 heteroatoms. The van der Waals surface area contributed by atoms with Crippen LogP contribution in [0.1, 0.15) is 52.9 Å². The summed E-state index contributed by atoms with van der Waals surface area (Å²) >= 11 is -1.97. The van der Waals surface area contributed by atoms with E-state index in [9.17, 15) is 27.3 Å². The number of benzene rings is 1. The molecule has 0 fully saturated rings. The number of amides is 1. The summed E-state index contributed by atoms with van der Waals surface area (Å²) in [4.78, 5) is 13.4. The minimum Gasteiger partial charge on any atom is -0.505 e. The van der Waals surface area contributed by atoms with Gasteiger partial charge in [-0.15, -0.1) is 8.80 Å². The predicted molar refractivity (Wildman–Crippen MR) is 125 cm³/mol. The number of phenols is 1. The summed E-state index contributed by atoms with van der Waals surface area (Å²) in [5.74, 6) is -0.278. The first-order chi connectivity index (χ1) is 16.2. The molecular weight excluding hydrogens is 487 g/mol. The van der Waals surface area contributed by atoms with Gasteiger partial charge >= 0.3 is 6.18 Å². The van der Waals surface area contributed by atoms with Gasteiger partial charge in [0.2, 0.25) is 5.84 Å². The zero-order chi connectivity index (χ0) is 26.2. The molecule has 190 valence electrons. The van der Waals surface area contributed by atoms with Crippen LogP contribution in [-0.4, -0.2) is 45.9 Å². The van der Waals surface area contributed by atoms with Gasteiger partial charge in [-0.1, -0.05) is 13.8 Å². The molecule has 1 aliphatic rings. The van der Waals surface area contributed by atoms with E-state index in [1.165, 1.54) is 14.1 Å². The molecule has 1 aromatic heterocycles. The standard InChI is InChI=1S/C22H26F3N5O4S/c1-10(2)17(15-9-11(3)12(4)34-15)27-20-19(28-35(33)29-20)26-14-8-7-13(22(23,24)25)16(18(14)31)21(32)30(5)6/h7-10,17,31H,1-6H3,(H,26,28)(H,27,29)/p+1. The van der Waals surface area contributed by atoms with Gasteiger partial charge in [-0.3, -0.25) is 10.1 Å². The Balaban J connectivity index is 1.96. The summed E-state index contributed by atoms with van der Waals surface area (Å²) < 4.78 is 66.4. The minimum atomic E-state index is -4.87. The normalized spacial score (nSPS) is 16.8. The molecule has 1 amide bonds. The third-order valence-electron chi connectivity index (χ3n) is 5.51. The van der Waals surface area contributed by atoms with Gasteiger partial charge in [0.05, 0.1) is 16.8 Å². The number of nitrogens with one attached hydrogen (secondary N) is 1. The average molecular weight is 515 g/mol.